The van der Waals surface area contributed by atoms with Crippen LogP contribution in [-0.4, -0.2) is 56.4 Å². The molecule has 0 unspecified atom stereocenters. The van der Waals surface area contributed by atoms with Gasteiger partial charge in [-0.1, -0.05) is 36.8 Å². The fourth-order valence-corrected chi connectivity index (χ4v) is 4.34. The van der Waals surface area contributed by atoms with E-state index in [0.717, 1.165) is 25.7 Å². The normalized spacial score (nSPS) is 16.6. The molecule has 11 heteroatoms. The second-order valence-electron chi connectivity index (χ2n) is 7.33. The highest BCUT2D eigenvalue weighted by atomic mass is 127. The Balaban J connectivity index is 0.00000480. The molecule has 0 radical (unpaired) electrons. The zero-order chi connectivity index (χ0) is 22.0. The van der Waals surface area contributed by atoms with Gasteiger partial charge in [0.2, 0.25) is 0 Å². The third-order valence-corrected chi connectivity index (χ3v) is 6.64. The molecule has 1 aromatic rings. The van der Waals surface area contributed by atoms with Gasteiger partial charge in [0.1, 0.15) is 0 Å². The van der Waals surface area contributed by atoms with Gasteiger partial charge in [-0.3, -0.25) is 4.99 Å². The van der Waals surface area contributed by atoms with Gasteiger partial charge in [0.25, 0.3) is 0 Å². The highest BCUT2D eigenvalue weighted by Gasteiger charge is 2.50. The highest BCUT2D eigenvalue weighted by molar-refractivity contribution is 14.0. The zero-order valence-corrected chi connectivity index (χ0v) is 20.8. The number of sulfonamides is 1. The number of hydrogen-bond acceptors (Lipinski definition) is 3. The fourth-order valence-electron chi connectivity index (χ4n) is 3.35. The number of alkyl halides is 3. The number of rotatable bonds is 9. The van der Waals surface area contributed by atoms with Crippen LogP contribution in [0.2, 0.25) is 0 Å². The number of aliphatic imine (C=N–C) groups is 1. The van der Waals surface area contributed by atoms with Crippen molar-refractivity contribution in [2.45, 2.75) is 57.0 Å². The van der Waals surface area contributed by atoms with Gasteiger partial charge in [0.05, 0.1) is 0 Å². The number of guanidine groups is 1. The number of halogens is 4. The Morgan fingerprint density at radius 2 is 1.77 bits per heavy atom. The maximum atomic E-state index is 12.7. The second kappa shape index (κ2) is 13.5. The van der Waals surface area contributed by atoms with Crippen LogP contribution in [0.25, 0.3) is 0 Å². The van der Waals surface area contributed by atoms with Crippen LogP contribution < -0.4 is 10.6 Å². The first-order valence-corrected chi connectivity index (χ1v) is 11.8. The van der Waals surface area contributed by atoms with Crippen molar-refractivity contribution >= 4 is 40.0 Å². The molecule has 6 nitrogen and oxygen atoms in total. The van der Waals surface area contributed by atoms with E-state index in [0.29, 0.717) is 36.2 Å². The molecule has 0 amide bonds. The van der Waals surface area contributed by atoms with Crippen molar-refractivity contribution in [1.29, 1.82) is 0 Å². The fraction of sp³-hybridized carbons (Fsp3) is 0.650. The van der Waals surface area contributed by atoms with Gasteiger partial charge in [-0.2, -0.15) is 17.5 Å². The van der Waals surface area contributed by atoms with E-state index in [1.54, 1.807) is 0 Å². The molecule has 1 aliphatic heterocycles. The minimum Gasteiger partial charge on any atom is -0.357 e. The largest absolute Gasteiger partial charge is 0.511 e. The molecule has 0 saturated carbocycles. The van der Waals surface area contributed by atoms with Gasteiger partial charge in [-0.05, 0) is 44.6 Å². The van der Waals surface area contributed by atoms with E-state index in [4.69, 9.17) is 0 Å². The molecular formula is C20H32F3IN4O2S. The van der Waals surface area contributed by atoms with Gasteiger partial charge < -0.3 is 10.6 Å². The molecule has 31 heavy (non-hydrogen) atoms. The summed E-state index contributed by atoms with van der Waals surface area (Å²) in [5, 5.41) is 6.36. The van der Waals surface area contributed by atoms with Gasteiger partial charge in [0.15, 0.2) is 5.96 Å². The van der Waals surface area contributed by atoms with E-state index < -0.39 is 15.5 Å². The summed E-state index contributed by atoms with van der Waals surface area (Å²) in [7, 11) is -5.25. The van der Waals surface area contributed by atoms with Crippen LogP contribution in [-0.2, 0) is 16.4 Å². The Labute approximate surface area is 200 Å². The third kappa shape index (κ3) is 9.13. The average Bonchev–Trinajstić information content (AvgIpc) is 2.71. The first kappa shape index (κ1) is 28.0. The van der Waals surface area contributed by atoms with Crippen molar-refractivity contribution in [3.63, 3.8) is 0 Å². The summed E-state index contributed by atoms with van der Waals surface area (Å²) in [5.74, 6) is 0.623. The minimum absolute atomic E-state index is 0. The minimum atomic E-state index is -5.25. The zero-order valence-electron chi connectivity index (χ0n) is 17.7. The Morgan fingerprint density at radius 3 is 2.35 bits per heavy atom. The lowest BCUT2D eigenvalue weighted by molar-refractivity contribution is -0.0494. The van der Waals surface area contributed by atoms with Gasteiger partial charge >= 0.3 is 15.5 Å². The Kier molecular flexibility index (Phi) is 12.1. The molecule has 2 N–H and O–H groups in total. The predicted octanol–water partition coefficient (Wildman–Crippen LogP) is 3.89. The maximum Gasteiger partial charge on any atom is 0.511 e. The Hall–Kier alpha value is -1.08. The molecular weight excluding hydrogens is 544 g/mol. The summed E-state index contributed by atoms with van der Waals surface area (Å²) >= 11 is 0. The van der Waals surface area contributed by atoms with Crippen molar-refractivity contribution in [3.8, 4) is 0 Å². The SMILES string of the molecule is CCNC(=NCCCCCc1ccccc1)NC1CCN(S(=O)(=O)C(F)(F)F)CC1.I. The van der Waals surface area contributed by atoms with Crippen LogP contribution >= 0.6 is 24.0 Å². The highest BCUT2D eigenvalue weighted by Crippen LogP contribution is 2.28. The molecule has 1 saturated heterocycles. The van der Waals surface area contributed by atoms with Gasteiger partial charge in [-0.25, -0.2) is 8.42 Å². The van der Waals surface area contributed by atoms with Gasteiger partial charge in [-0.15, -0.1) is 24.0 Å². The molecule has 2 rings (SSSR count). The first-order chi connectivity index (χ1) is 14.2. The molecule has 1 heterocycles. The standard InChI is InChI=1S/C20H31F3N4O2S.HI/c1-2-24-19(25-14-8-4-7-11-17-9-5-3-6-10-17)26-18-12-15-27(16-13-18)30(28,29)20(21,22)23;/h3,5-6,9-10,18H,2,4,7-8,11-16H2,1H3,(H2,24,25,26);1H. The first-order valence-electron chi connectivity index (χ1n) is 10.4. The molecule has 0 spiro atoms. The molecule has 1 aliphatic rings. The van der Waals surface area contributed by atoms with Crippen molar-refractivity contribution in [3.05, 3.63) is 35.9 Å². The summed E-state index contributed by atoms with van der Waals surface area (Å²) in [6, 6.07) is 10.2. The maximum absolute atomic E-state index is 12.7. The third-order valence-electron chi connectivity index (χ3n) is 5.01. The number of nitrogens with one attached hydrogen (secondary N) is 2. The topological polar surface area (TPSA) is 73.8 Å². The number of unbranched alkanes of at least 4 members (excludes halogenated alkanes) is 2. The molecule has 1 fully saturated rings. The molecule has 0 aromatic heterocycles. The lowest BCUT2D eigenvalue weighted by Crippen LogP contribution is -2.51. The van der Waals surface area contributed by atoms with Crippen molar-refractivity contribution in [2.24, 2.45) is 4.99 Å². The molecule has 178 valence electrons. The van der Waals surface area contributed by atoms with Crippen molar-refractivity contribution in [2.75, 3.05) is 26.2 Å². The summed E-state index contributed by atoms with van der Waals surface area (Å²) in [6.45, 7) is 2.96. The summed E-state index contributed by atoms with van der Waals surface area (Å²) < 4.78 is 61.5. The lowest BCUT2D eigenvalue weighted by Gasteiger charge is -2.32. The smallest absolute Gasteiger partial charge is 0.357 e. The van der Waals surface area contributed by atoms with Crippen molar-refractivity contribution in [1.82, 2.24) is 14.9 Å². The number of aryl methyl sites for hydroxylation is 1. The van der Waals surface area contributed by atoms with E-state index in [1.807, 2.05) is 25.1 Å². The van der Waals surface area contributed by atoms with E-state index in [1.165, 1.54) is 5.56 Å². The molecule has 0 aliphatic carbocycles. The molecule has 0 bridgehead atoms. The van der Waals surface area contributed by atoms with Crippen LogP contribution in [0.15, 0.2) is 35.3 Å². The Morgan fingerprint density at radius 1 is 1.13 bits per heavy atom. The quantitative estimate of drug-likeness (QED) is 0.203. The number of nitrogens with zero attached hydrogens (tertiary/aromatic N) is 2. The van der Waals surface area contributed by atoms with E-state index in [2.05, 4.69) is 27.8 Å². The summed E-state index contributed by atoms with van der Waals surface area (Å²) in [4.78, 5) is 4.54. The van der Waals surface area contributed by atoms with Gasteiger partial charge in [0, 0.05) is 32.2 Å². The summed E-state index contributed by atoms with van der Waals surface area (Å²) in [6.07, 6.45) is 4.75. The van der Waals surface area contributed by atoms with Crippen LogP contribution in [0.5, 0.6) is 0 Å². The number of benzene rings is 1. The van der Waals surface area contributed by atoms with E-state index in [9.17, 15) is 21.6 Å². The second-order valence-corrected chi connectivity index (χ2v) is 9.25. The molecule has 1 aromatic carbocycles. The van der Waals surface area contributed by atoms with Crippen LogP contribution in [0.1, 0.15) is 44.6 Å². The van der Waals surface area contributed by atoms with E-state index >= 15 is 0 Å². The van der Waals surface area contributed by atoms with Crippen molar-refractivity contribution < 1.29 is 21.6 Å². The predicted molar refractivity (Wildman–Crippen MR) is 128 cm³/mol. The summed E-state index contributed by atoms with van der Waals surface area (Å²) in [5.41, 5.74) is -3.92. The monoisotopic (exact) mass is 576 g/mol. The van der Waals surface area contributed by atoms with Crippen LogP contribution in [0, 0.1) is 0 Å². The van der Waals surface area contributed by atoms with Crippen LogP contribution in [0.3, 0.4) is 0 Å². The number of hydrogen-bond donors (Lipinski definition) is 2. The average molecular weight is 576 g/mol. The van der Waals surface area contributed by atoms with E-state index in [-0.39, 0.29) is 43.1 Å². The Bertz CT molecular complexity index is 768. The molecule has 0 atom stereocenters. The van der Waals surface area contributed by atoms with Crippen LogP contribution in [0.4, 0.5) is 13.2 Å². The number of piperidine rings is 1. The lowest BCUT2D eigenvalue weighted by atomic mass is 10.1.